The molecule has 0 unspecified atom stereocenters. The van der Waals surface area contributed by atoms with Crippen molar-refractivity contribution in [3.8, 4) is 0 Å². The van der Waals surface area contributed by atoms with Crippen LogP contribution in [0.1, 0.15) is 25.7 Å². The highest BCUT2D eigenvalue weighted by atomic mass is 16.1. The highest BCUT2D eigenvalue weighted by Gasteiger charge is 2.21. The smallest absolute Gasteiger partial charge is 0.224 e. The maximum absolute atomic E-state index is 11.7. The summed E-state index contributed by atoms with van der Waals surface area (Å²) in [7, 11) is 0. The van der Waals surface area contributed by atoms with E-state index in [2.05, 4.69) is 15.5 Å². The number of nitrogens with zero attached hydrogens (tertiary/aromatic N) is 1. The fourth-order valence-corrected chi connectivity index (χ4v) is 2.54. The van der Waals surface area contributed by atoms with Crippen LogP contribution < -0.4 is 10.6 Å². The van der Waals surface area contributed by atoms with Crippen molar-refractivity contribution in [2.45, 2.75) is 25.7 Å². The lowest BCUT2D eigenvalue weighted by Crippen LogP contribution is -2.40. The van der Waals surface area contributed by atoms with Crippen molar-refractivity contribution >= 4 is 5.91 Å². The normalized spacial score (nSPS) is 26.9. The number of amides is 1. The number of hydrogen-bond acceptors (Lipinski definition) is 3. The van der Waals surface area contributed by atoms with E-state index in [1.54, 1.807) is 0 Å². The molecule has 0 aromatic rings. The van der Waals surface area contributed by atoms with E-state index in [1.165, 1.54) is 32.4 Å². The zero-order valence-corrected chi connectivity index (χ0v) is 10.0. The number of nitrogens with one attached hydrogen (secondary N) is 2. The number of carbonyl (C=O) groups is 1. The fourth-order valence-electron chi connectivity index (χ4n) is 2.54. The van der Waals surface area contributed by atoms with Gasteiger partial charge in [0.05, 0.1) is 5.92 Å². The maximum Gasteiger partial charge on any atom is 0.224 e. The molecule has 0 radical (unpaired) electrons. The van der Waals surface area contributed by atoms with Gasteiger partial charge in [0, 0.05) is 19.6 Å². The third-order valence-electron chi connectivity index (χ3n) is 3.61. The van der Waals surface area contributed by atoms with Gasteiger partial charge in [-0.25, -0.2) is 0 Å². The summed E-state index contributed by atoms with van der Waals surface area (Å²) in [4.78, 5) is 14.2. The molecule has 0 saturated carbocycles. The van der Waals surface area contributed by atoms with Gasteiger partial charge in [-0.3, -0.25) is 4.79 Å². The first-order valence-electron chi connectivity index (χ1n) is 6.57. The summed E-state index contributed by atoms with van der Waals surface area (Å²) in [5.74, 6) is 0.448. The molecule has 2 aliphatic rings. The molecule has 16 heavy (non-hydrogen) atoms. The van der Waals surface area contributed by atoms with E-state index in [1.807, 2.05) is 0 Å². The Morgan fingerprint density at radius 2 is 2.12 bits per heavy atom. The lowest BCUT2D eigenvalue weighted by Gasteiger charge is -2.26. The van der Waals surface area contributed by atoms with Crippen LogP contribution in [-0.2, 0) is 4.79 Å². The van der Waals surface area contributed by atoms with E-state index < -0.39 is 0 Å². The summed E-state index contributed by atoms with van der Waals surface area (Å²) in [6, 6.07) is 0. The van der Waals surface area contributed by atoms with Crippen LogP contribution in [0.5, 0.6) is 0 Å². The monoisotopic (exact) mass is 225 g/mol. The lowest BCUT2D eigenvalue weighted by molar-refractivity contribution is -0.124. The van der Waals surface area contributed by atoms with Crippen molar-refractivity contribution in [1.29, 1.82) is 0 Å². The summed E-state index contributed by atoms with van der Waals surface area (Å²) in [6.07, 6.45) is 5.01. The molecule has 2 fully saturated rings. The van der Waals surface area contributed by atoms with Crippen LogP contribution >= 0.6 is 0 Å². The van der Waals surface area contributed by atoms with Crippen molar-refractivity contribution in [2.24, 2.45) is 5.92 Å². The lowest BCUT2D eigenvalue weighted by atomic mass is 10.1. The van der Waals surface area contributed by atoms with Crippen molar-refractivity contribution in [2.75, 3.05) is 39.3 Å². The molecule has 4 heteroatoms. The molecule has 0 spiro atoms. The third kappa shape index (κ3) is 3.46. The quantitative estimate of drug-likeness (QED) is 0.718. The zero-order chi connectivity index (χ0) is 11.2. The SMILES string of the molecule is O=C(NCCN1CCCCC1)[C@H]1CCNC1. The molecule has 0 aromatic heterocycles. The van der Waals surface area contributed by atoms with Gasteiger partial charge in [0.2, 0.25) is 5.91 Å². The topological polar surface area (TPSA) is 44.4 Å². The second kappa shape index (κ2) is 6.21. The van der Waals surface area contributed by atoms with E-state index in [4.69, 9.17) is 0 Å². The van der Waals surface area contributed by atoms with Gasteiger partial charge in [-0.15, -0.1) is 0 Å². The molecule has 2 aliphatic heterocycles. The van der Waals surface area contributed by atoms with Crippen molar-refractivity contribution in [1.82, 2.24) is 15.5 Å². The largest absolute Gasteiger partial charge is 0.355 e. The molecule has 1 atom stereocenters. The Bertz CT molecular complexity index is 220. The van der Waals surface area contributed by atoms with E-state index in [9.17, 15) is 4.79 Å². The zero-order valence-electron chi connectivity index (χ0n) is 10.0. The Morgan fingerprint density at radius 1 is 1.31 bits per heavy atom. The molecule has 2 heterocycles. The minimum absolute atomic E-state index is 0.210. The van der Waals surface area contributed by atoms with Crippen LogP contribution in [0.4, 0.5) is 0 Å². The molecule has 2 saturated heterocycles. The van der Waals surface area contributed by atoms with Crippen molar-refractivity contribution < 1.29 is 4.79 Å². The van der Waals surface area contributed by atoms with Gasteiger partial charge in [0.25, 0.3) is 0 Å². The van der Waals surface area contributed by atoms with Crippen LogP contribution in [0.3, 0.4) is 0 Å². The van der Waals surface area contributed by atoms with Gasteiger partial charge < -0.3 is 15.5 Å². The molecule has 4 nitrogen and oxygen atoms in total. The number of hydrogen-bond donors (Lipinski definition) is 2. The first kappa shape index (κ1) is 11.9. The highest BCUT2D eigenvalue weighted by molar-refractivity contribution is 5.79. The molecule has 0 aliphatic carbocycles. The van der Waals surface area contributed by atoms with Gasteiger partial charge in [0.1, 0.15) is 0 Å². The number of piperidine rings is 1. The Labute approximate surface area is 97.8 Å². The van der Waals surface area contributed by atoms with E-state index >= 15 is 0 Å². The molecule has 0 bridgehead atoms. The first-order valence-corrected chi connectivity index (χ1v) is 6.57. The minimum atomic E-state index is 0.210. The van der Waals surface area contributed by atoms with Gasteiger partial charge in [-0.2, -0.15) is 0 Å². The van der Waals surface area contributed by atoms with E-state index in [0.717, 1.165) is 32.6 Å². The van der Waals surface area contributed by atoms with Crippen LogP contribution in [0.25, 0.3) is 0 Å². The molecular formula is C12H23N3O. The predicted octanol–water partition coefficient (Wildman–Crippen LogP) is 0.198. The second-order valence-corrected chi connectivity index (χ2v) is 4.88. The first-order chi connectivity index (χ1) is 7.86. The van der Waals surface area contributed by atoms with Crippen LogP contribution in [0.2, 0.25) is 0 Å². The van der Waals surface area contributed by atoms with Crippen molar-refractivity contribution in [3.05, 3.63) is 0 Å². The third-order valence-corrected chi connectivity index (χ3v) is 3.61. The molecular weight excluding hydrogens is 202 g/mol. The summed E-state index contributed by atoms with van der Waals surface area (Å²) in [5, 5.41) is 6.27. The molecule has 2 rings (SSSR count). The number of likely N-dealkylation sites (tertiary alicyclic amines) is 1. The highest BCUT2D eigenvalue weighted by Crippen LogP contribution is 2.08. The molecule has 0 aromatic carbocycles. The maximum atomic E-state index is 11.7. The Morgan fingerprint density at radius 3 is 2.81 bits per heavy atom. The fraction of sp³-hybridized carbons (Fsp3) is 0.917. The Kier molecular flexibility index (Phi) is 4.60. The van der Waals surface area contributed by atoms with Gasteiger partial charge >= 0.3 is 0 Å². The molecule has 92 valence electrons. The van der Waals surface area contributed by atoms with E-state index in [-0.39, 0.29) is 11.8 Å². The summed E-state index contributed by atoms with van der Waals surface area (Å²) in [6.45, 7) is 6.10. The summed E-state index contributed by atoms with van der Waals surface area (Å²) < 4.78 is 0. The average Bonchev–Trinajstić information content (AvgIpc) is 2.84. The Hall–Kier alpha value is -0.610. The average molecular weight is 225 g/mol. The molecule has 2 N–H and O–H groups in total. The predicted molar refractivity (Wildman–Crippen MR) is 64.3 cm³/mol. The minimum Gasteiger partial charge on any atom is -0.355 e. The molecule has 1 amide bonds. The van der Waals surface area contributed by atoms with Crippen molar-refractivity contribution in [3.63, 3.8) is 0 Å². The van der Waals surface area contributed by atoms with E-state index in [0.29, 0.717) is 0 Å². The summed E-state index contributed by atoms with van der Waals surface area (Å²) >= 11 is 0. The standard InChI is InChI=1S/C12H23N3O/c16-12(11-4-5-13-10-11)14-6-9-15-7-2-1-3-8-15/h11,13H,1-10H2,(H,14,16)/t11-/m0/s1. The second-order valence-electron chi connectivity index (χ2n) is 4.88. The number of carbonyl (C=O) groups excluding carboxylic acids is 1. The number of rotatable bonds is 4. The van der Waals surface area contributed by atoms with Crippen LogP contribution in [0.15, 0.2) is 0 Å². The summed E-state index contributed by atoms with van der Waals surface area (Å²) in [5.41, 5.74) is 0. The van der Waals surface area contributed by atoms with Crippen LogP contribution in [-0.4, -0.2) is 50.1 Å². The van der Waals surface area contributed by atoms with Gasteiger partial charge in [-0.05, 0) is 38.9 Å². The van der Waals surface area contributed by atoms with Crippen LogP contribution in [0, 0.1) is 5.92 Å². The van der Waals surface area contributed by atoms with Gasteiger partial charge in [-0.1, -0.05) is 6.42 Å². The Balaban J connectivity index is 1.57. The van der Waals surface area contributed by atoms with Gasteiger partial charge in [0.15, 0.2) is 0 Å².